The molecule has 32 heavy (non-hydrogen) atoms. The van der Waals surface area contributed by atoms with E-state index in [-0.39, 0.29) is 0 Å². The van der Waals surface area contributed by atoms with Crippen molar-refractivity contribution >= 4 is 23.6 Å². The second-order valence-corrected chi connectivity index (χ2v) is 5.89. The first-order chi connectivity index (χ1) is 15.1. The maximum atomic E-state index is 13.6. The van der Waals surface area contributed by atoms with Crippen LogP contribution in [-0.2, 0) is 14.3 Å². The average molecular weight is 461 g/mol. The smallest absolute Gasteiger partial charge is 0.331 e. The number of esters is 1. The van der Waals surface area contributed by atoms with Crippen LogP contribution < -0.4 is 19.5 Å². The van der Waals surface area contributed by atoms with E-state index in [1.54, 1.807) is 0 Å². The van der Waals surface area contributed by atoms with Crippen LogP contribution >= 0.6 is 0 Å². The first-order valence-electron chi connectivity index (χ1n) is 8.60. The number of halogens is 5. The Bertz CT molecular complexity index is 1020. The molecule has 0 saturated carbocycles. The number of ether oxygens (including phenoxy) is 4. The summed E-state index contributed by atoms with van der Waals surface area (Å²) >= 11 is 0. The van der Waals surface area contributed by atoms with E-state index in [1.807, 2.05) is 0 Å². The topological polar surface area (TPSA) is 83.1 Å². The largest absolute Gasteiger partial charge is 0.493 e. The SMILES string of the molecule is COc1cc(/C=C/C(=O)OCC(=O)Nc2c(F)c(F)c(F)c(F)c2F)cc(OC)c1OC. The molecule has 0 aliphatic rings. The fraction of sp³-hybridized carbons (Fsp3) is 0.200. The normalized spacial score (nSPS) is 10.8. The monoisotopic (exact) mass is 461 g/mol. The molecule has 0 saturated heterocycles. The van der Waals surface area contributed by atoms with Crippen LogP contribution in [0.2, 0.25) is 0 Å². The Morgan fingerprint density at radius 2 is 1.34 bits per heavy atom. The van der Waals surface area contributed by atoms with Crippen molar-refractivity contribution in [1.29, 1.82) is 0 Å². The summed E-state index contributed by atoms with van der Waals surface area (Å²) in [7, 11) is 4.19. The minimum absolute atomic E-state index is 0.307. The Morgan fingerprint density at radius 3 is 1.81 bits per heavy atom. The molecule has 172 valence electrons. The van der Waals surface area contributed by atoms with Crippen LogP contribution in [0, 0.1) is 29.1 Å². The summed E-state index contributed by atoms with van der Waals surface area (Å²) in [5.41, 5.74) is -1.13. The van der Waals surface area contributed by atoms with E-state index in [0.29, 0.717) is 22.8 Å². The standard InChI is InChI=1S/C20H16F5NO6/c1-29-10-6-9(7-11(30-2)20(10)31-3)4-5-13(28)32-8-12(27)26-19-17(24)15(22)14(21)16(23)18(19)25/h4-7H,8H2,1-3H3,(H,26,27)/b5-4+. The highest BCUT2D eigenvalue weighted by atomic mass is 19.2. The molecule has 2 aromatic carbocycles. The van der Waals surface area contributed by atoms with Crippen LogP contribution in [0.4, 0.5) is 27.6 Å². The minimum Gasteiger partial charge on any atom is -0.493 e. The summed E-state index contributed by atoms with van der Waals surface area (Å²) in [6.07, 6.45) is 2.21. The molecule has 0 heterocycles. The Hall–Kier alpha value is -3.83. The number of rotatable bonds is 8. The van der Waals surface area contributed by atoms with Gasteiger partial charge in [0.25, 0.3) is 5.91 Å². The number of carbonyl (C=O) groups excluding carboxylic acids is 2. The van der Waals surface area contributed by atoms with Gasteiger partial charge in [0.1, 0.15) is 5.69 Å². The van der Waals surface area contributed by atoms with Crippen molar-refractivity contribution in [3.63, 3.8) is 0 Å². The van der Waals surface area contributed by atoms with Gasteiger partial charge in [0.2, 0.25) is 11.6 Å². The first-order valence-corrected chi connectivity index (χ1v) is 8.60. The number of hydrogen-bond donors (Lipinski definition) is 1. The van der Waals surface area contributed by atoms with Gasteiger partial charge in [0.05, 0.1) is 21.3 Å². The van der Waals surface area contributed by atoms with E-state index < -0.39 is 53.3 Å². The second kappa shape index (κ2) is 10.5. The summed E-state index contributed by atoms with van der Waals surface area (Å²) in [5, 5.41) is 1.48. The first kappa shape index (κ1) is 24.4. The third-order valence-corrected chi connectivity index (χ3v) is 3.92. The zero-order valence-electron chi connectivity index (χ0n) is 16.9. The molecule has 2 aromatic rings. The molecular formula is C20H16F5NO6. The van der Waals surface area contributed by atoms with Gasteiger partial charge in [0, 0.05) is 6.08 Å². The molecule has 0 bridgehead atoms. The highest BCUT2D eigenvalue weighted by Crippen LogP contribution is 2.38. The van der Waals surface area contributed by atoms with Gasteiger partial charge in [-0.25, -0.2) is 26.7 Å². The van der Waals surface area contributed by atoms with E-state index >= 15 is 0 Å². The lowest BCUT2D eigenvalue weighted by Crippen LogP contribution is -2.22. The van der Waals surface area contributed by atoms with Crippen LogP contribution in [0.15, 0.2) is 18.2 Å². The molecule has 0 aromatic heterocycles. The number of carbonyl (C=O) groups is 2. The van der Waals surface area contributed by atoms with Crippen LogP contribution in [-0.4, -0.2) is 39.8 Å². The Kier molecular flexibility index (Phi) is 7.99. The third-order valence-electron chi connectivity index (χ3n) is 3.92. The molecule has 12 heteroatoms. The predicted molar refractivity (Wildman–Crippen MR) is 101 cm³/mol. The molecule has 0 radical (unpaired) electrons. The Labute approximate surface area is 178 Å². The summed E-state index contributed by atoms with van der Waals surface area (Å²) in [5.74, 6) is -12.7. The zero-order chi connectivity index (χ0) is 24.0. The van der Waals surface area contributed by atoms with Gasteiger partial charge < -0.3 is 24.3 Å². The minimum atomic E-state index is -2.37. The molecule has 1 N–H and O–H groups in total. The van der Waals surface area contributed by atoms with Crippen molar-refractivity contribution in [3.8, 4) is 17.2 Å². The predicted octanol–water partition coefficient (Wildman–Crippen LogP) is 3.60. The highest BCUT2D eigenvalue weighted by Gasteiger charge is 2.27. The maximum Gasteiger partial charge on any atom is 0.331 e. The molecule has 0 fully saturated rings. The lowest BCUT2D eigenvalue weighted by atomic mass is 10.1. The fourth-order valence-electron chi connectivity index (χ4n) is 2.44. The quantitative estimate of drug-likeness (QED) is 0.213. The van der Waals surface area contributed by atoms with Gasteiger partial charge >= 0.3 is 5.97 Å². The molecule has 2 rings (SSSR count). The van der Waals surface area contributed by atoms with Gasteiger partial charge in [-0.15, -0.1) is 0 Å². The molecule has 0 unspecified atom stereocenters. The van der Waals surface area contributed by atoms with Crippen molar-refractivity contribution < 1.29 is 50.5 Å². The molecule has 1 amide bonds. The van der Waals surface area contributed by atoms with Crippen molar-refractivity contribution in [2.24, 2.45) is 0 Å². The lowest BCUT2D eigenvalue weighted by molar-refractivity contribution is -0.142. The number of hydrogen-bond acceptors (Lipinski definition) is 6. The van der Waals surface area contributed by atoms with Crippen LogP contribution in [0.5, 0.6) is 17.2 Å². The van der Waals surface area contributed by atoms with Crippen molar-refractivity contribution in [2.75, 3.05) is 33.3 Å². The fourth-order valence-corrected chi connectivity index (χ4v) is 2.44. The molecule has 0 aliphatic heterocycles. The highest BCUT2D eigenvalue weighted by molar-refractivity contribution is 5.95. The summed E-state index contributed by atoms with van der Waals surface area (Å²) in [6.45, 7) is -1.06. The van der Waals surface area contributed by atoms with Crippen LogP contribution in [0.3, 0.4) is 0 Å². The molecule has 0 atom stereocenters. The van der Waals surface area contributed by atoms with Gasteiger partial charge in [0.15, 0.2) is 41.4 Å². The Balaban J connectivity index is 2.05. The van der Waals surface area contributed by atoms with Crippen LogP contribution in [0.1, 0.15) is 5.56 Å². The summed E-state index contributed by atoms with van der Waals surface area (Å²) < 4.78 is 86.5. The summed E-state index contributed by atoms with van der Waals surface area (Å²) in [4.78, 5) is 23.5. The number of amides is 1. The summed E-state index contributed by atoms with van der Waals surface area (Å²) in [6, 6.07) is 3.03. The number of methoxy groups -OCH3 is 3. The van der Waals surface area contributed by atoms with Gasteiger partial charge in [-0.3, -0.25) is 4.79 Å². The molecular weight excluding hydrogens is 445 g/mol. The number of anilines is 1. The molecule has 0 spiro atoms. The van der Waals surface area contributed by atoms with Crippen molar-refractivity contribution in [1.82, 2.24) is 0 Å². The van der Waals surface area contributed by atoms with Gasteiger partial charge in [-0.1, -0.05) is 0 Å². The van der Waals surface area contributed by atoms with E-state index in [4.69, 9.17) is 14.2 Å². The second-order valence-electron chi connectivity index (χ2n) is 5.89. The average Bonchev–Trinajstić information content (AvgIpc) is 2.80. The van der Waals surface area contributed by atoms with Crippen LogP contribution in [0.25, 0.3) is 6.08 Å². The van der Waals surface area contributed by atoms with E-state index in [0.717, 1.165) is 6.08 Å². The molecule has 0 aliphatic carbocycles. The maximum absolute atomic E-state index is 13.6. The number of nitrogens with one attached hydrogen (secondary N) is 1. The lowest BCUT2D eigenvalue weighted by Gasteiger charge is -2.12. The van der Waals surface area contributed by atoms with Gasteiger partial charge in [-0.05, 0) is 23.8 Å². The molecule has 7 nitrogen and oxygen atoms in total. The van der Waals surface area contributed by atoms with E-state index in [1.165, 1.54) is 44.9 Å². The van der Waals surface area contributed by atoms with Crippen molar-refractivity contribution in [2.45, 2.75) is 0 Å². The van der Waals surface area contributed by atoms with Crippen molar-refractivity contribution in [3.05, 3.63) is 52.9 Å². The third kappa shape index (κ3) is 5.25. The number of benzene rings is 2. The van der Waals surface area contributed by atoms with E-state index in [2.05, 4.69) is 4.74 Å². The van der Waals surface area contributed by atoms with Gasteiger partial charge in [-0.2, -0.15) is 0 Å². The Morgan fingerprint density at radius 1 is 0.844 bits per heavy atom. The zero-order valence-corrected chi connectivity index (χ0v) is 16.9. The van der Waals surface area contributed by atoms with E-state index in [9.17, 15) is 31.5 Å².